The minimum absolute atomic E-state index is 0.0378. The van der Waals surface area contributed by atoms with Gasteiger partial charge in [0, 0.05) is 44.3 Å². The number of esters is 2. The van der Waals surface area contributed by atoms with Crippen LogP contribution in [0.1, 0.15) is 26.3 Å². The molecule has 0 N–H and O–H groups in total. The number of methoxy groups -OCH3 is 2. The van der Waals surface area contributed by atoms with Crippen LogP contribution in [0.5, 0.6) is 0 Å². The molecule has 1 aliphatic rings. The van der Waals surface area contributed by atoms with E-state index in [1.807, 2.05) is 30.3 Å². The molecule has 0 spiro atoms. The van der Waals surface area contributed by atoms with E-state index >= 15 is 0 Å². The van der Waals surface area contributed by atoms with Crippen molar-refractivity contribution in [2.45, 2.75) is 11.4 Å². The molecule has 10 heteroatoms. The number of piperazine rings is 1. The standard InChI is InChI=1S/C24H25N3O6S/c1-32-23(28)18-8-9-20(24(29)33-2)21(15-18)34(30,31)27-13-11-26(12-14-27)16-19-6-3-5-17-7-4-10-25-22(17)19/h3-10,15H,11-14,16H2,1-2H3. The molecule has 1 saturated heterocycles. The average Bonchev–Trinajstić information content (AvgIpc) is 2.88. The van der Waals surface area contributed by atoms with Crippen LogP contribution in [-0.4, -0.2) is 74.9 Å². The molecule has 1 aromatic heterocycles. The monoisotopic (exact) mass is 483 g/mol. The molecule has 2 heterocycles. The molecular weight excluding hydrogens is 458 g/mol. The van der Waals surface area contributed by atoms with Crippen molar-refractivity contribution in [2.75, 3.05) is 40.4 Å². The summed E-state index contributed by atoms with van der Waals surface area (Å²) in [6.07, 6.45) is 1.76. The highest BCUT2D eigenvalue weighted by molar-refractivity contribution is 7.89. The van der Waals surface area contributed by atoms with Crippen molar-refractivity contribution in [3.8, 4) is 0 Å². The highest BCUT2D eigenvalue weighted by atomic mass is 32.2. The Bertz CT molecular complexity index is 1330. The third-order valence-corrected chi connectivity index (χ3v) is 7.81. The van der Waals surface area contributed by atoms with Gasteiger partial charge < -0.3 is 9.47 Å². The number of carbonyl (C=O) groups excluding carboxylic acids is 2. The van der Waals surface area contributed by atoms with Gasteiger partial charge in [-0.2, -0.15) is 4.31 Å². The smallest absolute Gasteiger partial charge is 0.339 e. The van der Waals surface area contributed by atoms with Crippen LogP contribution in [0, 0.1) is 0 Å². The quantitative estimate of drug-likeness (QED) is 0.492. The Labute approximate surface area is 197 Å². The number of nitrogens with zero attached hydrogens (tertiary/aromatic N) is 3. The zero-order valence-electron chi connectivity index (χ0n) is 18.9. The number of carbonyl (C=O) groups is 2. The van der Waals surface area contributed by atoms with Crippen LogP contribution in [0.25, 0.3) is 10.9 Å². The van der Waals surface area contributed by atoms with E-state index in [9.17, 15) is 18.0 Å². The van der Waals surface area contributed by atoms with Gasteiger partial charge in [-0.3, -0.25) is 9.88 Å². The minimum atomic E-state index is -4.06. The van der Waals surface area contributed by atoms with Gasteiger partial charge >= 0.3 is 11.9 Å². The first-order valence-corrected chi connectivity index (χ1v) is 12.1. The molecule has 0 unspecified atom stereocenters. The van der Waals surface area contributed by atoms with Crippen molar-refractivity contribution in [2.24, 2.45) is 0 Å². The topological polar surface area (TPSA) is 106 Å². The zero-order chi connectivity index (χ0) is 24.3. The normalized spacial score (nSPS) is 15.2. The molecule has 34 heavy (non-hydrogen) atoms. The van der Waals surface area contributed by atoms with Gasteiger partial charge in [-0.05, 0) is 29.8 Å². The van der Waals surface area contributed by atoms with Crippen molar-refractivity contribution in [1.82, 2.24) is 14.2 Å². The second-order valence-corrected chi connectivity index (χ2v) is 9.77. The van der Waals surface area contributed by atoms with E-state index in [1.165, 1.54) is 36.7 Å². The predicted octanol–water partition coefficient (Wildman–Crippen LogP) is 2.31. The third kappa shape index (κ3) is 4.65. The number of aromatic nitrogens is 1. The molecule has 4 rings (SSSR count). The van der Waals surface area contributed by atoms with Crippen molar-refractivity contribution in [1.29, 1.82) is 0 Å². The molecule has 0 atom stereocenters. The first kappa shape index (κ1) is 23.8. The Hall–Kier alpha value is -3.34. The Morgan fingerprint density at radius 2 is 1.65 bits per heavy atom. The molecule has 0 amide bonds. The van der Waals surface area contributed by atoms with Crippen LogP contribution >= 0.6 is 0 Å². The fraction of sp³-hybridized carbons (Fsp3) is 0.292. The van der Waals surface area contributed by atoms with Gasteiger partial charge in [0.15, 0.2) is 0 Å². The van der Waals surface area contributed by atoms with Crippen LogP contribution in [0.15, 0.2) is 59.6 Å². The summed E-state index contributed by atoms with van der Waals surface area (Å²) < 4.78 is 37.7. The van der Waals surface area contributed by atoms with Gasteiger partial charge in [0.2, 0.25) is 10.0 Å². The molecular formula is C24H25N3O6S. The van der Waals surface area contributed by atoms with Gasteiger partial charge in [0.1, 0.15) is 0 Å². The highest BCUT2D eigenvalue weighted by Gasteiger charge is 2.33. The van der Waals surface area contributed by atoms with Crippen molar-refractivity contribution in [3.63, 3.8) is 0 Å². The van der Waals surface area contributed by atoms with E-state index < -0.39 is 22.0 Å². The summed E-state index contributed by atoms with van der Waals surface area (Å²) in [7, 11) is -1.68. The lowest BCUT2D eigenvalue weighted by molar-refractivity contribution is 0.0583. The number of benzene rings is 2. The largest absolute Gasteiger partial charge is 0.465 e. The summed E-state index contributed by atoms with van der Waals surface area (Å²) in [6, 6.07) is 13.7. The van der Waals surface area contributed by atoms with E-state index in [1.54, 1.807) is 6.20 Å². The molecule has 0 bridgehead atoms. The molecule has 3 aromatic rings. The predicted molar refractivity (Wildman–Crippen MR) is 125 cm³/mol. The summed E-state index contributed by atoms with van der Waals surface area (Å²) in [5.41, 5.74) is 1.92. The number of para-hydroxylation sites is 1. The maximum atomic E-state index is 13.5. The number of ether oxygens (including phenoxy) is 2. The third-order valence-electron chi connectivity index (χ3n) is 5.87. The SMILES string of the molecule is COC(=O)c1ccc(C(=O)OC)c(S(=O)(=O)N2CCN(Cc3cccc4cccnc34)CC2)c1. The van der Waals surface area contributed by atoms with E-state index in [2.05, 4.69) is 9.88 Å². The fourth-order valence-corrected chi connectivity index (χ4v) is 5.69. The van der Waals surface area contributed by atoms with E-state index in [0.29, 0.717) is 19.6 Å². The molecule has 0 radical (unpaired) electrons. The number of pyridine rings is 1. The number of sulfonamides is 1. The summed E-state index contributed by atoms with van der Waals surface area (Å²) >= 11 is 0. The lowest BCUT2D eigenvalue weighted by Crippen LogP contribution is -2.48. The lowest BCUT2D eigenvalue weighted by atomic mass is 10.1. The summed E-state index contributed by atoms with van der Waals surface area (Å²) in [5, 5.41) is 1.06. The van der Waals surface area contributed by atoms with Gasteiger partial charge in [0.25, 0.3) is 0 Å². The van der Waals surface area contributed by atoms with Gasteiger partial charge in [-0.15, -0.1) is 0 Å². The van der Waals surface area contributed by atoms with E-state index in [0.717, 1.165) is 16.5 Å². The molecule has 0 aliphatic carbocycles. The van der Waals surface area contributed by atoms with Crippen molar-refractivity contribution < 1.29 is 27.5 Å². The minimum Gasteiger partial charge on any atom is -0.465 e. The van der Waals surface area contributed by atoms with Crippen molar-refractivity contribution in [3.05, 3.63) is 71.4 Å². The van der Waals surface area contributed by atoms with Crippen LogP contribution in [0.3, 0.4) is 0 Å². The van der Waals surface area contributed by atoms with Crippen molar-refractivity contribution >= 4 is 32.9 Å². The molecule has 9 nitrogen and oxygen atoms in total. The average molecular weight is 484 g/mol. The summed E-state index contributed by atoms with van der Waals surface area (Å²) in [4.78, 5) is 30.6. The number of hydrogen-bond acceptors (Lipinski definition) is 8. The second kappa shape index (κ2) is 9.88. The molecule has 0 saturated carbocycles. The van der Waals surface area contributed by atoms with Crippen LogP contribution in [0.2, 0.25) is 0 Å². The second-order valence-electron chi connectivity index (χ2n) is 7.87. The van der Waals surface area contributed by atoms with Crippen LogP contribution in [0.4, 0.5) is 0 Å². The van der Waals surface area contributed by atoms with E-state index in [4.69, 9.17) is 9.47 Å². The number of hydrogen-bond donors (Lipinski definition) is 0. The van der Waals surface area contributed by atoms with Gasteiger partial charge in [-0.25, -0.2) is 18.0 Å². The van der Waals surface area contributed by atoms with Crippen LogP contribution < -0.4 is 0 Å². The first-order valence-electron chi connectivity index (χ1n) is 10.7. The molecule has 1 aliphatic heterocycles. The fourth-order valence-electron chi connectivity index (χ4n) is 4.06. The molecule has 2 aromatic carbocycles. The maximum absolute atomic E-state index is 13.5. The summed E-state index contributed by atoms with van der Waals surface area (Å²) in [6.45, 7) is 2.14. The highest BCUT2D eigenvalue weighted by Crippen LogP contribution is 2.25. The Kier molecular flexibility index (Phi) is 6.92. The Morgan fingerprint density at radius 1 is 0.941 bits per heavy atom. The van der Waals surface area contributed by atoms with E-state index in [-0.39, 0.29) is 29.1 Å². The van der Waals surface area contributed by atoms with Gasteiger partial charge in [-0.1, -0.05) is 24.3 Å². The number of rotatable bonds is 6. The summed E-state index contributed by atoms with van der Waals surface area (Å²) in [5.74, 6) is -1.49. The van der Waals surface area contributed by atoms with Gasteiger partial charge in [0.05, 0.1) is 35.8 Å². The number of fused-ring (bicyclic) bond motifs is 1. The molecule has 1 fully saturated rings. The molecule has 178 valence electrons. The maximum Gasteiger partial charge on any atom is 0.339 e. The van der Waals surface area contributed by atoms with Crippen LogP contribution in [-0.2, 0) is 26.0 Å². The Balaban J connectivity index is 1.55. The Morgan fingerprint density at radius 3 is 2.35 bits per heavy atom. The zero-order valence-corrected chi connectivity index (χ0v) is 19.7. The lowest BCUT2D eigenvalue weighted by Gasteiger charge is -2.34. The first-order chi connectivity index (χ1) is 16.3.